The third-order valence-electron chi connectivity index (χ3n) is 2.80. The molecular weight excluding hydrogens is 264 g/mol. The summed E-state index contributed by atoms with van der Waals surface area (Å²) in [6.07, 6.45) is 3.08. The van der Waals surface area contributed by atoms with Crippen molar-refractivity contribution in [2.24, 2.45) is 5.73 Å². The van der Waals surface area contributed by atoms with Crippen LogP contribution in [0.15, 0.2) is 18.2 Å². The first-order chi connectivity index (χ1) is 10.0. The van der Waals surface area contributed by atoms with E-state index in [4.69, 9.17) is 15.6 Å². The lowest BCUT2D eigenvalue weighted by molar-refractivity contribution is 0.201. The summed E-state index contributed by atoms with van der Waals surface area (Å²) in [6.45, 7) is 4.40. The molecule has 1 aliphatic carbocycles. The minimum Gasteiger partial charge on any atom is -0.491 e. The van der Waals surface area contributed by atoms with E-state index < -0.39 is 0 Å². The van der Waals surface area contributed by atoms with Gasteiger partial charge in [0.1, 0.15) is 12.4 Å². The molecule has 2 rings (SSSR count). The molecule has 1 aromatic carbocycles. The normalized spacial score (nSPS) is 16.1. The van der Waals surface area contributed by atoms with Gasteiger partial charge in [0.15, 0.2) is 0 Å². The number of rotatable bonds is 3. The molecule has 3 N–H and O–H groups in total. The minimum absolute atomic E-state index is 0.0522. The van der Waals surface area contributed by atoms with Crippen LogP contribution in [0.2, 0.25) is 0 Å². The van der Waals surface area contributed by atoms with Gasteiger partial charge in [0.05, 0.1) is 6.61 Å². The molecule has 1 aliphatic rings. The van der Waals surface area contributed by atoms with Gasteiger partial charge in [0.25, 0.3) is 0 Å². The number of benzene rings is 1. The van der Waals surface area contributed by atoms with Crippen molar-refractivity contribution in [3.63, 3.8) is 0 Å². The van der Waals surface area contributed by atoms with Gasteiger partial charge in [0, 0.05) is 6.04 Å². The lowest BCUT2D eigenvalue weighted by Gasteiger charge is -2.21. The second kappa shape index (κ2) is 11.5. The molecule has 0 amide bonds. The quantitative estimate of drug-likeness (QED) is 0.896. The number of fused-ring (bicyclic) bond motifs is 1. The van der Waals surface area contributed by atoms with Crippen LogP contribution in [0.4, 0.5) is 0 Å². The molecule has 21 heavy (non-hydrogen) atoms. The third kappa shape index (κ3) is 8.71. The van der Waals surface area contributed by atoms with E-state index in [1.54, 1.807) is 0 Å². The standard InChI is InChI=1S/C12H17NO2.C3H9N.C2H6/c13-11-3-1-9-2-4-12(15-6-5-14)8-10(9)7-11;1-4(2)3;1-2/h2,4,8,11,14H,1,3,5-7,13H2;1-3H3;1-2H3. The average Bonchev–Trinajstić information content (AvgIpc) is 2.46. The lowest BCUT2D eigenvalue weighted by Crippen LogP contribution is -2.27. The molecule has 122 valence electrons. The zero-order valence-corrected chi connectivity index (χ0v) is 14.2. The molecule has 1 unspecified atom stereocenters. The highest BCUT2D eigenvalue weighted by Gasteiger charge is 2.15. The van der Waals surface area contributed by atoms with E-state index in [0.29, 0.717) is 6.61 Å². The van der Waals surface area contributed by atoms with E-state index in [2.05, 4.69) is 6.07 Å². The summed E-state index contributed by atoms with van der Waals surface area (Å²) in [4.78, 5) is 2.00. The fraction of sp³-hybridized carbons (Fsp3) is 0.647. The number of nitrogens with zero attached hydrogens (tertiary/aromatic N) is 1. The smallest absolute Gasteiger partial charge is 0.119 e. The Bertz CT molecular complexity index is 378. The Labute approximate surface area is 129 Å². The predicted octanol–water partition coefficient (Wildman–Crippen LogP) is 2.08. The van der Waals surface area contributed by atoms with E-state index in [9.17, 15) is 0 Å². The predicted molar refractivity (Wildman–Crippen MR) is 90.0 cm³/mol. The average molecular weight is 296 g/mol. The Morgan fingerprint density at radius 3 is 2.43 bits per heavy atom. The van der Waals surface area contributed by atoms with Gasteiger partial charge in [-0.3, -0.25) is 0 Å². The van der Waals surface area contributed by atoms with Crippen molar-refractivity contribution in [1.82, 2.24) is 4.90 Å². The second-order valence-corrected chi connectivity index (χ2v) is 5.35. The lowest BCUT2D eigenvalue weighted by atomic mass is 9.89. The first-order valence-electron chi connectivity index (χ1n) is 7.75. The molecule has 4 heteroatoms. The van der Waals surface area contributed by atoms with E-state index in [0.717, 1.165) is 25.0 Å². The maximum atomic E-state index is 8.66. The summed E-state index contributed by atoms with van der Waals surface area (Å²) < 4.78 is 5.37. The number of aryl methyl sites for hydroxylation is 1. The van der Waals surface area contributed by atoms with Crippen LogP contribution in [0.1, 0.15) is 31.4 Å². The summed E-state index contributed by atoms with van der Waals surface area (Å²) in [6, 6.07) is 6.40. The minimum atomic E-state index is 0.0522. The van der Waals surface area contributed by atoms with Crippen LogP contribution in [0, 0.1) is 0 Å². The fourth-order valence-electron chi connectivity index (χ4n) is 2.01. The molecule has 0 spiro atoms. The zero-order valence-electron chi connectivity index (χ0n) is 14.2. The Balaban J connectivity index is 0.000000579. The van der Waals surface area contributed by atoms with Gasteiger partial charge in [-0.2, -0.15) is 0 Å². The zero-order chi connectivity index (χ0) is 16.3. The van der Waals surface area contributed by atoms with Crippen molar-refractivity contribution >= 4 is 0 Å². The highest BCUT2D eigenvalue weighted by molar-refractivity contribution is 5.37. The number of nitrogens with two attached hydrogens (primary N) is 1. The van der Waals surface area contributed by atoms with E-state index >= 15 is 0 Å². The maximum absolute atomic E-state index is 8.66. The molecule has 0 bridgehead atoms. The molecular formula is C17H32N2O2. The third-order valence-corrected chi connectivity index (χ3v) is 2.80. The molecule has 0 fully saturated rings. The first-order valence-corrected chi connectivity index (χ1v) is 7.75. The van der Waals surface area contributed by atoms with Crippen LogP contribution >= 0.6 is 0 Å². The summed E-state index contributed by atoms with van der Waals surface area (Å²) in [5.74, 6) is 0.830. The summed E-state index contributed by atoms with van der Waals surface area (Å²) in [7, 11) is 6.00. The molecule has 1 aromatic rings. The molecule has 0 heterocycles. The van der Waals surface area contributed by atoms with Crippen molar-refractivity contribution in [3.8, 4) is 5.75 Å². The van der Waals surface area contributed by atoms with Gasteiger partial charge in [0.2, 0.25) is 0 Å². The number of hydrogen-bond acceptors (Lipinski definition) is 4. The fourth-order valence-corrected chi connectivity index (χ4v) is 2.01. The van der Waals surface area contributed by atoms with E-state index in [-0.39, 0.29) is 12.6 Å². The molecule has 0 saturated carbocycles. The molecule has 1 atom stereocenters. The van der Waals surface area contributed by atoms with Crippen LogP contribution in [0.25, 0.3) is 0 Å². The Morgan fingerprint density at radius 2 is 1.86 bits per heavy atom. The van der Waals surface area contributed by atoms with Crippen LogP contribution in [-0.2, 0) is 12.8 Å². The Morgan fingerprint density at radius 1 is 1.24 bits per heavy atom. The summed E-state index contributed by atoms with van der Waals surface area (Å²) in [5.41, 5.74) is 8.60. The largest absolute Gasteiger partial charge is 0.491 e. The van der Waals surface area contributed by atoms with Crippen molar-refractivity contribution in [1.29, 1.82) is 0 Å². The van der Waals surface area contributed by atoms with Crippen LogP contribution in [0.3, 0.4) is 0 Å². The SMILES string of the molecule is CC.CN(C)C.NC1CCc2ccc(OCCO)cc2C1. The van der Waals surface area contributed by atoms with Gasteiger partial charge in [-0.25, -0.2) is 0 Å². The van der Waals surface area contributed by atoms with Crippen molar-refractivity contribution < 1.29 is 9.84 Å². The molecule has 0 aromatic heterocycles. The summed E-state index contributed by atoms with van der Waals surface area (Å²) >= 11 is 0. The second-order valence-electron chi connectivity index (χ2n) is 5.35. The van der Waals surface area contributed by atoms with E-state index in [1.165, 1.54) is 11.1 Å². The molecule has 0 radical (unpaired) electrons. The maximum Gasteiger partial charge on any atom is 0.119 e. The molecule has 4 nitrogen and oxygen atoms in total. The van der Waals surface area contributed by atoms with Crippen molar-refractivity contribution in [2.75, 3.05) is 34.4 Å². The molecule has 0 aliphatic heterocycles. The van der Waals surface area contributed by atoms with Crippen LogP contribution in [-0.4, -0.2) is 50.4 Å². The van der Waals surface area contributed by atoms with Crippen molar-refractivity contribution in [2.45, 2.75) is 39.2 Å². The number of aliphatic hydroxyl groups excluding tert-OH is 1. The topological polar surface area (TPSA) is 58.7 Å². The highest BCUT2D eigenvalue weighted by Crippen LogP contribution is 2.24. The van der Waals surface area contributed by atoms with Gasteiger partial charge in [-0.1, -0.05) is 19.9 Å². The first kappa shape index (κ1) is 19.9. The summed E-state index contributed by atoms with van der Waals surface area (Å²) in [5, 5.41) is 8.66. The number of hydrogen-bond donors (Lipinski definition) is 2. The Hall–Kier alpha value is -1.10. The van der Waals surface area contributed by atoms with E-state index in [1.807, 2.05) is 52.0 Å². The van der Waals surface area contributed by atoms with Crippen LogP contribution < -0.4 is 10.5 Å². The van der Waals surface area contributed by atoms with Gasteiger partial charge >= 0.3 is 0 Å². The monoisotopic (exact) mass is 296 g/mol. The molecule has 0 saturated heterocycles. The van der Waals surface area contributed by atoms with Gasteiger partial charge in [-0.15, -0.1) is 0 Å². The van der Waals surface area contributed by atoms with Crippen molar-refractivity contribution in [3.05, 3.63) is 29.3 Å². The Kier molecular flexibility index (Phi) is 10.9. The van der Waals surface area contributed by atoms with Gasteiger partial charge in [-0.05, 0) is 63.7 Å². The number of ether oxygens (including phenoxy) is 1. The highest BCUT2D eigenvalue weighted by atomic mass is 16.5. The van der Waals surface area contributed by atoms with Crippen LogP contribution in [0.5, 0.6) is 5.75 Å². The number of aliphatic hydroxyl groups is 1. The van der Waals surface area contributed by atoms with Gasteiger partial charge < -0.3 is 20.5 Å².